The maximum absolute atomic E-state index is 12.5. The van der Waals surface area contributed by atoms with Crippen LogP contribution in [0.25, 0.3) is 0 Å². The average molecular weight is 301 g/mol. The second-order valence-electron chi connectivity index (χ2n) is 5.45. The Bertz CT molecular complexity index is 531. The largest absolute Gasteiger partial charge is 0.390 e. The summed E-state index contributed by atoms with van der Waals surface area (Å²) in [5, 5.41) is 15.7. The van der Waals surface area contributed by atoms with Crippen LogP contribution in [-0.4, -0.2) is 29.8 Å². The number of H-pyrrole nitrogens is 1. The lowest BCUT2D eigenvalue weighted by Gasteiger charge is -2.21. The van der Waals surface area contributed by atoms with Crippen molar-refractivity contribution < 1.29 is 13.5 Å². The molecule has 1 fully saturated rings. The van der Waals surface area contributed by atoms with Gasteiger partial charge in [-0.1, -0.05) is 32.1 Å². The molecule has 0 atom stereocenters. The van der Waals surface area contributed by atoms with E-state index in [-0.39, 0.29) is 23.2 Å². The molecular formula is C13H23N3O3S. The molecule has 0 aromatic carbocycles. The quantitative estimate of drug-likeness (QED) is 0.787. The van der Waals surface area contributed by atoms with Gasteiger partial charge in [-0.2, -0.15) is 5.10 Å². The zero-order valence-corrected chi connectivity index (χ0v) is 12.7. The molecule has 0 aliphatic heterocycles. The van der Waals surface area contributed by atoms with Gasteiger partial charge in [-0.3, -0.25) is 5.10 Å². The number of rotatable bonds is 4. The second-order valence-corrected chi connectivity index (χ2v) is 7.10. The highest BCUT2D eigenvalue weighted by Crippen LogP contribution is 2.22. The number of nitrogens with one attached hydrogen (secondary N) is 2. The molecule has 114 valence electrons. The molecular weight excluding hydrogens is 278 g/mol. The third-order valence-electron chi connectivity index (χ3n) is 3.81. The highest BCUT2D eigenvalue weighted by Gasteiger charge is 2.26. The molecule has 0 spiro atoms. The monoisotopic (exact) mass is 301 g/mol. The van der Waals surface area contributed by atoms with Gasteiger partial charge in [0.05, 0.1) is 12.3 Å². The number of aryl methyl sites for hydroxylation is 1. The van der Waals surface area contributed by atoms with Crippen molar-refractivity contribution in [1.82, 2.24) is 14.9 Å². The Hall–Kier alpha value is -0.920. The van der Waals surface area contributed by atoms with E-state index in [2.05, 4.69) is 14.9 Å². The first-order chi connectivity index (χ1) is 9.54. The molecule has 0 unspecified atom stereocenters. The van der Waals surface area contributed by atoms with Crippen molar-refractivity contribution in [2.75, 3.05) is 0 Å². The smallest absolute Gasteiger partial charge is 0.244 e. The number of sulfonamides is 1. The molecule has 1 saturated carbocycles. The van der Waals surface area contributed by atoms with E-state index in [1.807, 2.05) is 0 Å². The van der Waals surface area contributed by atoms with E-state index in [1.54, 1.807) is 6.92 Å². The van der Waals surface area contributed by atoms with Crippen LogP contribution in [0.3, 0.4) is 0 Å². The number of nitrogens with zero attached hydrogens (tertiary/aromatic N) is 1. The molecule has 0 bridgehead atoms. The summed E-state index contributed by atoms with van der Waals surface area (Å²) in [4.78, 5) is 0.0991. The number of aromatic amines is 1. The van der Waals surface area contributed by atoms with Crippen LogP contribution in [0.15, 0.2) is 4.90 Å². The van der Waals surface area contributed by atoms with Gasteiger partial charge < -0.3 is 5.11 Å². The molecule has 20 heavy (non-hydrogen) atoms. The maximum atomic E-state index is 12.5. The minimum absolute atomic E-state index is 0.0128. The van der Waals surface area contributed by atoms with Gasteiger partial charge in [-0.05, 0) is 19.8 Å². The highest BCUT2D eigenvalue weighted by molar-refractivity contribution is 7.89. The van der Waals surface area contributed by atoms with E-state index < -0.39 is 10.0 Å². The molecule has 1 aliphatic rings. The van der Waals surface area contributed by atoms with Crippen LogP contribution in [0.1, 0.15) is 56.3 Å². The van der Waals surface area contributed by atoms with E-state index in [4.69, 9.17) is 0 Å². The van der Waals surface area contributed by atoms with Crippen molar-refractivity contribution in [2.45, 2.75) is 69.4 Å². The average Bonchev–Trinajstić information content (AvgIpc) is 2.74. The van der Waals surface area contributed by atoms with Crippen molar-refractivity contribution in [3.8, 4) is 0 Å². The first-order valence-corrected chi connectivity index (χ1v) is 8.70. The molecule has 1 aromatic heterocycles. The van der Waals surface area contributed by atoms with Gasteiger partial charge in [0.2, 0.25) is 10.0 Å². The summed E-state index contributed by atoms with van der Waals surface area (Å²) >= 11 is 0. The van der Waals surface area contributed by atoms with Crippen molar-refractivity contribution >= 4 is 10.0 Å². The summed E-state index contributed by atoms with van der Waals surface area (Å²) < 4.78 is 27.7. The predicted molar refractivity (Wildman–Crippen MR) is 75.7 cm³/mol. The van der Waals surface area contributed by atoms with Gasteiger partial charge in [0.15, 0.2) is 0 Å². The lowest BCUT2D eigenvalue weighted by Crippen LogP contribution is -2.35. The van der Waals surface area contributed by atoms with Crippen LogP contribution >= 0.6 is 0 Å². The van der Waals surface area contributed by atoms with Crippen LogP contribution in [0.2, 0.25) is 0 Å². The van der Waals surface area contributed by atoms with Gasteiger partial charge in [0.25, 0.3) is 0 Å². The molecule has 0 amide bonds. The van der Waals surface area contributed by atoms with Gasteiger partial charge in [0.1, 0.15) is 10.6 Å². The van der Waals surface area contributed by atoms with E-state index in [9.17, 15) is 13.5 Å². The Morgan fingerprint density at radius 2 is 1.85 bits per heavy atom. The summed E-state index contributed by atoms with van der Waals surface area (Å²) in [6.45, 7) is 1.27. The number of aliphatic hydroxyl groups excluding tert-OH is 1. The van der Waals surface area contributed by atoms with Crippen molar-refractivity contribution in [3.63, 3.8) is 0 Å². The van der Waals surface area contributed by atoms with Crippen molar-refractivity contribution in [2.24, 2.45) is 0 Å². The third kappa shape index (κ3) is 3.59. The Balaban J connectivity index is 2.15. The zero-order valence-electron chi connectivity index (χ0n) is 11.9. The lowest BCUT2D eigenvalue weighted by atomic mass is 9.97. The van der Waals surface area contributed by atoms with Crippen molar-refractivity contribution in [3.05, 3.63) is 11.4 Å². The fourth-order valence-corrected chi connectivity index (χ4v) is 4.45. The van der Waals surface area contributed by atoms with Crippen LogP contribution in [-0.2, 0) is 16.6 Å². The van der Waals surface area contributed by atoms with Gasteiger partial charge in [-0.25, -0.2) is 13.1 Å². The molecule has 1 aromatic rings. The van der Waals surface area contributed by atoms with Gasteiger partial charge in [-0.15, -0.1) is 0 Å². The standard InChI is InChI=1S/C13H23N3O3S/c1-10-13(12(9-17)15-14-10)20(18,19)16-11-7-5-3-2-4-6-8-11/h11,16-17H,2-9H2,1H3,(H,14,15). The SMILES string of the molecule is Cc1[nH]nc(CO)c1S(=O)(=O)NC1CCCCCCC1. The maximum Gasteiger partial charge on any atom is 0.244 e. The molecule has 6 nitrogen and oxygen atoms in total. The molecule has 1 heterocycles. The van der Waals surface area contributed by atoms with E-state index in [0.717, 1.165) is 25.7 Å². The lowest BCUT2D eigenvalue weighted by molar-refractivity contribution is 0.273. The molecule has 2 rings (SSSR count). The summed E-state index contributed by atoms with van der Waals surface area (Å²) in [5.74, 6) is 0. The molecule has 7 heteroatoms. The van der Waals surface area contributed by atoms with Crippen LogP contribution in [0.5, 0.6) is 0 Å². The van der Waals surface area contributed by atoms with E-state index >= 15 is 0 Å². The number of hydrogen-bond acceptors (Lipinski definition) is 4. The number of aromatic nitrogens is 2. The summed E-state index contributed by atoms with van der Waals surface area (Å²) in [6.07, 6.45) is 7.47. The first-order valence-electron chi connectivity index (χ1n) is 7.21. The fraction of sp³-hybridized carbons (Fsp3) is 0.769. The summed E-state index contributed by atoms with van der Waals surface area (Å²) in [7, 11) is -3.62. The molecule has 0 radical (unpaired) electrons. The minimum Gasteiger partial charge on any atom is -0.390 e. The number of hydrogen-bond donors (Lipinski definition) is 3. The number of aliphatic hydroxyl groups is 1. The summed E-state index contributed by atoms with van der Waals surface area (Å²) in [5.41, 5.74) is 0.647. The van der Waals surface area contributed by atoms with Crippen LogP contribution in [0.4, 0.5) is 0 Å². The van der Waals surface area contributed by atoms with Crippen LogP contribution in [0, 0.1) is 6.92 Å². The predicted octanol–water partition coefficient (Wildman–Crippen LogP) is 1.60. The third-order valence-corrected chi connectivity index (χ3v) is 5.53. The topological polar surface area (TPSA) is 95.1 Å². The van der Waals surface area contributed by atoms with Crippen molar-refractivity contribution in [1.29, 1.82) is 0 Å². The zero-order chi connectivity index (χ0) is 14.6. The molecule has 3 N–H and O–H groups in total. The van der Waals surface area contributed by atoms with Gasteiger partial charge in [0, 0.05) is 6.04 Å². The Morgan fingerprint density at radius 1 is 1.25 bits per heavy atom. The molecule has 1 aliphatic carbocycles. The first kappa shape index (κ1) is 15.5. The fourth-order valence-electron chi connectivity index (χ4n) is 2.79. The summed E-state index contributed by atoms with van der Waals surface area (Å²) in [6, 6.07) is -0.0128. The second kappa shape index (κ2) is 6.69. The van der Waals surface area contributed by atoms with E-state index in [0.29, 0.717) is 5.69 Å². The normalized spacial score (nSPS) is 18.7. The van der Waals surface area contributed by atoms with Gasteiger partial charge >= 0.3 is 0 Å². The van der Waals surface area contributed by atoms with E-state index in [1.165, 1.54) is 19.3 Å². The highest BCUT2D eigenvalue weighted by atomic mass is 32.2. The minimum atomic E-state index is -3.62. The molecule has 0 saturated heterocycles. The Kier molecular flexibility index (Phi) is 5.17. The Labute approximate surface area is 120 Å². The van der Waals surface area contributed by atoms with Crippen LogP contribution < -0.4 is 4.72 Å². The Morgan fingerprint density at radius 3 is 2.45 bits per heavy atom.